The van der Waals surface area contributed by atoms with Crippen LogP contribution in [0.5, 0.6) is 0 Å². The molecule has 3 nitrogen and oxygen atoms in total. The molecule has 0 bridgehead atoms. The lowest BCUT2D eigenvalue weighted by molar-refractivity contribution is 0.631. The van der Waals surface area contributed by atoms with Gasteiger partial charge in [-0.2, -0.15) is 5.10 Å². The number of aryl methyl sites for hydroxylation is 1. The Kier molecular flexibility index (Phi) is 3.71. The van der Waals surface area contributed by atoms with Crippen molar-refractivity contribution >= 4 is 12.2 Å². The van der Waals surface area contributed by atoms with Gasteiger partial charge in [-0.3, -0.25) is 9.67 Å². The highest BCUT2D eigenvalue weighted by Crippen LogP contribution is 2.27. The molecule has 0 saturated heterocycles. The van der Waals surface area contributed by atoms with Gasteiger partial charge in [0.25, 0.3) is 0 Å². The first-order valence-corrected chi connectivity index (χ1v) is 7.37. The van der Waals surface area contributed by atoms with Crippen molar-refractivity contribution in [3.8, 4) is 11.4 Å². The summed E-state index contributed by atoms with van der Waals surface area (Å²) < 4.78 is 2.72. The predicted molar refractivity (Wildman–Crippen MR) is 87.8 cm³/mol. The Morgan fingerprint density at radius 1 is 1.05 bits per heavy atom. The van der Waals surface area contributed by atoms with Crippen LogP contribution in [-0.4, -0.2) is 14.8 Å². The van der Waals surface area contributed by atoms with Crippen LogP contribution in [0.1, 0.15) is 24.1 Å². The molecule has 0 fully saturated rings. The first kappa shape index (κ1) is 13.8. The van der Waals surface area contributed by atoms with Gasteiger partial charge >= 0.3 is 0 Å². The van der Waals surface area contributed by atoms with Crippen molar-refractivity contribution in [1.29, 1.82) is 0 Å². The molecular weight excluding hydrogens is 278 g/mol. The molecule has 0 saturated carbocycles. The van der Waals surface area contributed by atoms with Crippen LogP contribution >= 0.6 is 12.2 Å². The minimum atomic E-state index is 0.132. The molecule has 0 aliphatic heterocycles. The second-order valence-electron chi connectivity index (χ2n) is 5.12. The van der Waals surface area contributed by atoms with Gasteiger partial charge in [0.15, 0.2) is 10.6 Å². The summed E-state index contributed by atoms with van der Waals surface area (Å²) in [7, 11) is 0. The van der Waals surface area contributed by atoms with E-state index < -0.39 is 0 Å². The van der Waals surface area contributed by atoms with Gasteiger partial charge in [0.1, 0.15) is 0 Å². The zero-order valence-corrected chi connectivity index (χ0v) is 12.9. The Morgan fingerprint density at radius 3 is 2.43 bits per heavy atom. The van der Waals surface area contributed by atoms with Gasteiger partial charge in [-0.05, 0) is 37.2 Å². The number of nitrogens with zero attached hydrogens (tertiary/aromatic N) is 2. The molecule has 3 aromatic rings. The largest absolute Gasteiger partial charge is 0.293 e. The lowest BCUT2D eigenvalue weighted by Gasteiger charge is -2.18. The number of H-pyrrole nitrogens is 1. The van der Waals surface area contributed by atoms with Crippen LogP contribution in [0.2, 0.25) is 0 Å². The van der Waals surface area contributed by atoms with Crippen LogP contribution in [-0.2, 0) is 0 Å². The molecule has 1 N–H and O–H groups in total. The molecule has 1 heterocycles. The van der Waals surface area contributed by atoms with Crippen LogP contribution < -0.4 is 0 Å². The maximum absolute atomic E-state index is 5.44. The van der Waals surface area contributed by atoms with E-state index in [0.717, 1.165) is 11.4 Å². The van der Waals surface area contributed by atoms with E-state index in [2.05, 4.69) is 52.9 Å². The molecule has 21 heavy (non-hydrogen) atoms. The van der Waals surface area contributed by atoms with Crippen molar-refractivity contribution < 1.29 is 0 Å². The van der Waals surface area contributed by atoms with Gasteiger partial charge in [-0.15, -0.1) is 0 Å². The van der Waals surface area contributed by atoms with E-state index in [1.165, 1.54) is 11.1 Å². The summed E-state index contributed by atoms with van der Waals surface area (Å²) in [6.07, 6.45) is 0. The number of aromatic amines is 1. The van der Waals surface area contributed by atoms with Gasteiger partial charge in [0, 0.05) is 5.56 Å². The molecule has 1 aromatic heterocycles. The fraction of sp³-hybridized carbons (Fsp3) is 0.176. The zero-order valence-electron chi connectivity index (χ0n) is 12.1. The molecule has 0 spiro atoms. The molecule has 4 heteroatoms. The molecule has 1 atom stereocenters. The Labute approximate surface area is 129 Å². The van der Waals surface area contributed by atoms with Crippen molar-refractivity contribution in [2.75, 3.05) is 0 Å². The average Bonchev–Trinajstić information content (AvgIpc) is 2.90. The van der Waals surface area contributed by atoms with E-state index >= 15 is 0 Å². The maximum Gasteiger partial charge on any atom is 0.196 e. The summed E-state index contributed by atoms with van der Waals surface area (Å²) in [5.74, 6) is 0.872. The second kappa shape index (κ2) is 5.66. The fourth-order valence-corrected chi connectivity index (χ4v) is 2.94. The average molecular weight is 295 g/mol. The summed E-state index contributed by atoms with van der Waals surface area (Å²) >= 11 is 5.44. The van der Waals surface area contributed by atoms with Crippen molar-refractivity contribution in [2.45, 2.75) is 19.9 Å². The molecule has 3 rings (SSSR count). The second-order valence-corrected chi connectivity index (χ2v) is 5.51. The van der Waals surface area contributed by atoms with Crippen LogP contribution in [0, 0.1) is 11.7 Å². The highest BCUT2D eigenvalue weighted by Gasteiger charge is 2.17. The molecule has 0 aliphatic rings. The summed E-state index contributed by atoms with van der Waals surface area (Å²) in [4.78, 5) is 0. The number of nitrogens with one attached hydrogen (secondary N) is 1. The van der Waals surface area contributed by atoms with Crippen molar-refractivity contribution in [2.24, 2.45) is 0 Å². The van der Waals surface area contributed by atoms with Gasteiger partial charge in [0.2, 0.25) is 0 Å². The van der Waals surface area contributed by atoms with Crippen LogP contribution in [0.25, 0.3) is 11.4 Å². The lowest BCUT2D eigenvalue weighted by atomic mass is 10.0. The van der Waals surface area contributed by atoms with E-state index in [1.54, 1.807) is 0 Å². The number of hydrogen-bond acceptors (Lipinski definition) is 2. The van der Waals surface area contributed by atoms with Crippen molar-refractivity contribution in [3.63, 3.8) is 0 Å². The normalized spacial score (nSPS) is 12.3. The number of benzene rings is 2. The summed E-state index contributed by atoms with van der Waals surface area (Å²) in [5.41, 5.74) is 3.57. The molecule has 1 unspecified atom stereocenters. The van der Waals surface area contributed by atoms with Gasteiger partial charge in [0.05, 0.1) is 6.04 Å². The fourth-order valence-electron chi connectivity index (χ4n) is 2.65. The van der Waals surface area contributed by atoms with Crippen LogP contribution in [0.15, 0.2) is 54.6 Å². The third-order valence-electron chi connectivity index (χ3n) is 3.76. The van der Waals surface area contributed by atoms with E-state index in [-0.39, 0.29) is 6.04 Å². The topological polar surface area (TPSA) is 33.6 Å². The molecule has 2 aromatic carbocycles. The monoisotopic (exact) mass is 295 g/mol. The molecule has 0 aliphatic carbocycles. The minimum absolute atomic E-state index is 0.132. The SMILES string of the molecule is Cc1ccccc1C(C)n1c(-c2ccccc2)n[nH]c1=S. The van der Waals surface area contributed by atoms with E-state index in [9.17, 15) is 0 Å². The lowest BCUT2D eigenvalue weighted by Crippen LogP contribution is -2.10. The van der Waals surface area contributed by atoms with Gasteiger partial charge in [-0.25, -0.2) is 0 Å². The molecule has 106 valence electrons. The van der Waals surface area contributed by atoms with Gasteiger partial charge in [-0.1, -0.05) is 54.6 Å². The van der Waals surface area contributed by atoms with Crippen molar-refractivity contribution in [1.82, 2.24) is 14.8 Å². The molecule has 0 amide bonds. The van der Waals surface area contributed by atoms with E-state index in [4.69, 9.17) is 12.2 Å². The third kappa shape index (κ3) is 2.54. The van der Waals surface area contributed by atoms with E-state index in [0.29, 0.717) is 4.77 Å². The summed E-state index contributed by atoms with van der Waals surface area (Å²) in [5, 5.41) is 7.33. The number of aromatic nitrogens is 3. The highest BCUT2D eigenvalue weighted by molar-refractivity contribution is 7.71. The Balaban J connectivity index is 2.14. The molecule has 0 radical (unpaired) electrons. The smallest absolute Gasteiger partial charge is 0.196 e. The predicted octanol–water partition coefficient (Wildman–Crippen LogP) is 4.53. The summed E-state index contributed by atoms with van der Waals surface area (Å²) in [6.45, 7) is 4.28. The first-order chi connectivity index (χ1) is 10.2. The Morgan fingerprint density at radius 2 is 1.71 bits per heavy atom. The standard InChI is InChI=1S/C17H17N3S/c1-12-8-6-7-11-15(12)13(2)20-16(18-19-17(20)21)14-9-4-3-5-10-14/h3-11,13H,1-2H3,(H,19,21). The van der Waals surface area contributed by atoms with Crippen LogP contribution in [0.3, 0.4) is 0 Å². The first-order valence-electron chi connectivity index (χ1n) is 6.96. The highest BCUT2D eigenvalue weighted by atomic mass is 32.1. The van der Waals surface area contributed by atoms with Crippen LogP contribution in [0.4, 0.5) is 0 Å². The Hall–Kier alpha value is -2.20. The van der Waals surface area contributed by atoms with Crippen molar-refractivity contribution in [3.05, 3.63) is 70.5 Å². The summed E-state index contributed by atoms with van der Waals surface area (Å²) in [6, 6.07) is 18.6. The maximum atomic E-state index is 5.44. The number of hydrogen-bond donors (Lipinski definition) is 1. The van der Waals surface area contributed by atoms with E-state index in [1.807, 2.05) is 30.3 Å². The minimum Gasteiger partial charge on any atom is -0.293 e. The Bertz CT molecular complexity index is 802. The third-order valence-corrected chi connectivity index (χ3v) is 4.05. The quantitative estimate of drug-likeness (QED) is 0.720. The molecular formula is C17H17N3S. The van der Waals surface area contributed by atoms with Gasteiger partial charge < -0.3 is 0 Å². The number of rotatable bonds is 3. The zero-order chi connectivity index (χ0) is 14.8.